The second kappa shape index (κ2) is 5.20. The Kier molecular flexibility index (Phi) is 3.88. The SMILES string of the molecule is O=c1[nH]cnc(Sc2cccc(Cl)c2)c1I. The number of H-pyrrole nitrogens is 1. The summed E-state index contributed by atoms with van der Waals surface area (Å²) in [5.41, 5.74) is -0.125. The van der Waals surface area contributed by atoms with E-state index in [1.54, 1.807) is 0 Å². The lowest BCUT2D eigenvalue weighted by Gasteiger charge is -2.02. The fourth-order valence-electron chi connectivity index (χ4n) is 1.08. The molecule has 3 nitrogen and oxygen atoms in total. The first-order valence-corrected chi connectivity index (χ1v) is 6.61. The molecule has 2 aromatic rings. The molecule has 0 aliphatic carbocycles. The third-order valence-corrected chi connectivity index (χ3v) is 4.37. The van der Waals surface area contributed by atoms with Crippen molar-refractivity contribution >= 4 is 46.0 Å². The van der Waals surface area contributed by atoms with Crippen molar-refractivity contribution in [2.45, 2.75) is 9.92 Å². The van der Waals surface area contributed by atoms with Gasteiger partial charge in [0.25, 0.3) is 5.56 Å². The molecule has 6 heteroatoms. The minimum atomic E-state index is -0.125. The van der Waals surface area contributed by atoms with Crippen molar-refractivity contribution in [2.75, 3.05) is 0 Å². The van der Waals surface area contributed by atoms with Crippen LogP contribution in [0.5, 0.6) is 0 Å². The topological polar surface area (TPSA) is 45.8 Å². The standard InChI is InChI=1S/C10H6ClIN2OS/c11-6-2-1-3-7(4-6)16-10-8(12)9(15)13-5-14-10/h1-5H,(H,13,14,15). The van der Waals surface area contributed by atoms with E-state index in [2.05, 4.69) is 9.97 Å². The fraction of sp³-hybridized carbons (Fsp3) is 0. The first-order chi connectivity index (χ1) is 7.66. The van der Waals surface area contributed by atoms with E-state index < -0.39 is 0 Å². The maximum Gasteiger partial charge on any atom is 0.265 e. The van der Waals surface area contributed by atoms with Crippen LogP contribution in [0.15, 0.2) is 45.3 Å². The summed E-state index contributed by atoms with van der Waals surface area (Å²) in [6.45, 7) is 0. The van der Waals surface area contributed by atoms with E-state index in [-0.39, 0.29) is 5.56 Å². The van der Waals surface area contributed by atoms with Gasteiger partial charge in [0.15, 0.2) is 0 Å². The normalized spacial score (nSPS) is 10.4. The summed E-state index contributed by atoms with van der Waals surface area (Å²) in [5, 5.41) is 1.36. The maximum atomic E-state index is 11.4. The molecule has 0 spiro atoms. The molecule has 0 atom stereocenters. The van der Waals surface area contributed by atoms with Crippen LogP contribution in [0.1, 0.15) is 0 Å². The molecule has 0 unspecified atom stereocenters. The van der Waals surface area contributed by atoms with Crippen LogP contribution in [-0.4, -0.2) is 9.97 Å². The highest BCUT2D eigenvalue weighted by molar-refractivity contribution is 14.1. The van der Waals surface area contributed by atoms with Gasteiger partial charge in [-0.1, -0.05) is 29.4 Å². The minimum absolute atomic E-state index is 0.125. The van der Waals surface area contributed by atoms with Crippen LogP contribution in [-0.2, 0) is 0 Å². The first kappa shape index (κ1) is 11.9. The second-order valence-electron chi connectivity index (χ2n) is 2.91. The molecule has 1 aromatic carbocycles. The average Bonchev–Trinajstić information content (AvgIpc) is 2.25. The Balaban J connectivity index is 2.34. The fourth-order valence-corrected chi connectivity index (χ4v) is 2.80. The highest BCUT2D eigenvalue weighted by Gasteiger charge is 2.07. The molecule has 0 fully saturated rings. The summed E-state index contributed by atoms with van der Waals surface area (Å²) in [5.74, 6) is 0. The van der Waals surface area contributed by atoms with Gasteiger partial charge in [-0.15, -0.1) is 0 Å². The summed E-state index contributed by atoms with van der Waals surface area (Å²) in [7, 11) is 0. The zero-order valence-electron chi connectivity index (χ0n) is 7.91. The van der Waals surface area contributed by atoms with E-state index in [9.17, 15) is 4.79 Å². The van der Waals surface area contributed by atoms with Crippen LogP contribution in [0, 0.1) is 3.57 Å². The number of nitrogens with one attached hydrogen (secondary N) is 1. The summed E-state index contributed by atoms with van der Waals surface area (Å²) >= 11 is 9.28. The zero-order valence-corrected chi connectivity index (χ0v) is 11.6. The predicted molar refractivity (Wildman–Crippen MR) is 73.1 cm³/mol. The molecule has 0 amide bonds. The molecule has 0 aliphatic heterocycles. The molecule has 1 heterocycles. The van der Waals surface area contributed by atoms with Gasteiger partial charge in [-0.3, -0.25) is 4.79 Å². The van der Waals surface area contributed by atoms with Crippen molar-refractivity contribution in [2.24, 2.45) is 0 Å². The predicted octanol–water partition coefficient (Wildman–Crippen LogP) is 3.18. The Morgan fingerprint density at radius 3 is 3.00 bits per heavy atom. The first-order valence-electron chi connectivity index (χ1n) is 4.33. The highest BCUT2D eigenvalue weighted by atomic mass is 127. The van der Waals surface area contributed by atoms with Crippen LogP contribution in [0.25, 0.3) is 0 Å². The third-order valence-electron chi connectivity index (χ3n) is 1.78. The molecular weight excluding hydrogens is 359 g/mol. The van der Waals surface area contributed by atoms with E-state index in [4.69, 9.17) is 11.6 Å². The lowest BCUT2D eigenvalue weighted by Crippen LogP contribution is -2.10. The van der Waals surface area contributed by atoms with Crippen molar-refractivity contribution in [1.29, 1.82) is 0 Å². The number of aromatic amines is 1. The minimum Gasteiger partial charge on any atom is -0.312 e. The number of halogens is 2. The van der Waals surface area contributed by atoms with Crippen molar-refractivity contribution in [3.63, 3.8) is 0 Å². The lowest BCUT2D eigenvalue weighted by atomic mass is 10.4. The molecular formula is C10H6ClIN2OS. The summed E-state index contributed by atoms with van der Waals surface area (Å²) in [4.78, 5) is 19.0. The van der Waals surface area contributed by atoms with Gasteiger partial charge in [-0.2, -0.15) is 0 Å². The van der Waals surface area contributed by atoms with Gasteiger partial charge >= 0.3 is 0 Å². The number of nitrogens with zero attached hydrogens (tertiary/aromatic N) is 1. The molecule has 82 valence electrons. The number of aromatic nitrogens is 2. The molecule has 0 saturated carbocycles. The van der Waals surface area contributed by atoms with Crippen LogP contribution >= 0.6 is 46.0 Å². The number of rotatable bonds is 2. The van der Waals surface area contributed by atoms with E-state index >= 15 is 0 Å². The molecule has 0 bridgehead atoms. The van der Waals surface area contributed by atoms with Gasteiger partial charge < -0.3 is 4.98 Å². The smallest absolute Gasteiger partial charge is 0.265 e. The second-order valence-corrected chi connectivity index (χ2v) is 5.49. The van der Waals surface area contributed by atoms with Crippen molar-refractivity contribution in [1.82, 2.24) is 9.97 Å². The van der Waals surface area contributed by atoms with Crippen LogP contribution in [0.2, 0.25) is 5.02 Å². The van der Waals surface area contributed by atoms with E-state index in [0.29, 0.717) is 13.6 Å². The molecule has 2 rings (SSSR count). The Bertz CT molecular complexity index is 573. The molecule has 0 aliphatic rings. The van der Waals surface area contributed by atoms with Crippen LogP contribution in [0.4, 0.5) is 0 Å². The van der Waals surface area contributed by atoms with Gasteiger partial charge in [0.2, 0.25) is 0 Å². The van der Waals surface area contributed by atoms with E-state index in [1.165, 1.54) is 18.1 Å². The Hall–Kier alpha value is -0.530. The number of hydrogen-bond acceptors (Lipinski definition) is 3. The van der Waals surface area contributed by atoms with Crippen LogP contribution in [0.3, 0.4) is 0 Å². The Morgan fingerprint density at radius 1 is 1.44 bits per heavy atom. The number of hydrogen-bond donors (Lipinski definition) is 1. The molecule has 1 N–H and O–H groups in total. The van der Waals surface area contributed by atoms with Gasteiger partial charge in [0, 0.05) is 9.92 Å². The Labute approximate surface area is 115 Å². The summed E-state index contributed by atoms with van der Waals surface area (Å²) in [6, 6.07) is 7.44. The van der Waals surface area contributed by atoms with Gasteiger partial charge in [-0.25, -0.2) is 4.98 Å². The highest BCUT2D eigenvalue weighted by Crippen LogP contribution is 2.29. The largest absolute Gasteiger partial charge is 0.312 e. The van der Waals surface area contributed by atoms with Crippen molar-refractivity contribution < 1.29 is 0 Å². The van der Waals surface area contributed by atoms with Gasteiger partial charge in [0.1, 0.15) is 8.60 Å². The average molecular weight is 365 g/mol. The van der Waals surface area contributed by atoms with E-state index in [1.807, 2.05) is 46.9 Å². The Morgan fingerprint density at radius 2 is 2.25 bits per heavy atom. The quantitative estimate of drug-likeness (QED) is 0.657. The molecule has 1 aromatic heterocycles. The third kappa shape index (κ3) is 2.78. The zero-order chi connectivity index (χ0) is 11.5. The number of benzene rings is 1. The van der Waals surface area contributed by atoms with Crippen LogP contribution < -0.4 is 5.56 Å². The van der Waals surface area contributed by atoms with Crippen molar-refractivity contribution in [3.8, 4) is 0 Å². The summed E-state index contributed by atoms with van der Waals surface area (Å²) in [6.07, 6.45) is 1.40. The summed E-state index contributed by atoms with van der Waals surface area (Å²) < 4.78 is 0.588. The van der Waals surface area contributed by atoms with Gasteiger partial charge in [-0.05, 0) is 40.8 Å². The monoisotopic (exact) mass is 364 g/mol. The molecule has 0 radical (unpaired) electrons. The maximum absolute atomic E-state index is 11.4. The molecule has 0 saturated heterocycles. The van der Waals surface area contributed by atoms with E-state index in [0.717, 1.165) is 4.90 Å². The lowest BCUT2D eigenvalue weighted by molar-refractivity contribution is 0.988. The molecule has 16 heavy (non-hydrogen) atoms. The van der Waals surface area contributed by atoms with Gasteiger partial charge in [0.05, 0.1) is 6.33 Å². The van der Waals surface area contributed by atoms with Crippen molar-refractivity contribution in [3.05, 3.63) is 49.5 Å².